The van der Waals surface area contributed by atoms with E-state index >= 15 is 0 Å². The smallest absolute Gasteiger partial charge is 0.265 e. The molecule has 0 saturated heterocycles. The third kappa shape index (κ3) is 6.41. The molecule has 6 N–H and O–H groups in total. The molecule has 0 aliphatic rings. The van der Waals surface area contributed by atoms with Gasteiger partial charge in [0.15, 0.2) is 0 Å². The van der Waals surface area contributed by atoms with Crippen LogP contribution in [0.1, 0.15) is 66.2 Å². The molecule has 6 nitrogen and oxygen atoms in total. The van der Waals surface area contributed by atoms with Gasteiger partial charge < -0.3 is 0 Å². The Labute approximate surface area is 133 Å². The lowest BCUT2D eigenvalue weighted by atomic mass is 9.89. The molecule has 0 bridgehead atoms. The van der Waals surface area contributed by atoms with Crippen LogP contribution in [0.15, 0.2) is 22.3 Å². The third-order valence-corrected chi connectivity index (χ3v) is 3.61. The van der Waals surface area contributed by atoms with Gasteiger partial charge in [-0.2, -0.15) is 0 Å². The second kappa shape index (κ2) is 11.0. The van der Waals surface area contributed by atoms with Crippen LogP contribution < -0.4 is 22.5 Å². The van der Waals surface area contributed by atoms with E-state index < -0.39 is 0 Å². The average molecular weight is 310 g/mol. The summed E-state index contributed by atoms with van der Waals surface area (Å²) in [6, 6.07) is 0. The Morgan fingerprint density at radius 2 is 1.36 bits per heavy atom. The molecule has 0 aromatic rings. The summed E-state index contributed by atoms with van der Waals surface area (Å²) >= 11 is 0. The molecule has 0 unspecified atom stereocenters. The first-order chi connectivity index (χ1) is 10.4. The molecule has 2 amide bonds. The summed E-state index contributed by atoms with van der Waals surface area (Å²) in [5.74, 6) is 9.93. The van der Waals surface area contributed by atoms with Crippen molar-refractivity contribution in [3.05, 3.63) is 22.3 Å². The number of amides is 2. The summed E-state index contributed by atoms with van der Waals surface area (Å²) in [4.78, 5) is 23.7. The zero-order chi connectivity index (χ0) is 17.1. The maximum atomic E-state index is 12.2. The van der Waals surface area contributed by atoms with Crippen molar-refractivity contribution >= 4 is 11.8 Å². The minimum Gasteiger partial charge on any atom is -0.294 e. The van der Waals surface area contributed by atoms with Crippen molar-refractivity contribution < 1.29 is 9.59 Å². The third-order valence-electron chi connectivity index (χ3n) is 3.61. The van der Waals surface area contributed by atoms with Crippen molar-refractivity contribution in [2.75, 3.05) is 0 Å². The molecule has 22 heavy (non-hydrogen) atoms. The molecule has 0 aliphatic carbocycles. The van der Waals surface area contributed by atoms with Gasteiger partial charge >= 0.3 is 0 Å². The van der Waals surface area contributed by atoms with Gasteiger partial charge in [0, 0.05) is 12.0 Å². The van der Waals surface area contributed by atoms with Crippen LogP contribution in [0, 0.1) is 0 Å². The van der Waals surface area contributed by atoms with Crippen LogP contribution >= 0.6 is 0 Å². The van der Waals surface area contributed by atoms with E-state index in [4.69, 9.17) is 11.7 Å². The Morgan fingerprint density at radius 1 is 0.818 bits per heavy atom. The van der Waals surface area contributed by atoms with Gasteiger partial charge in [-0.15, -0.1) is 0 Å². The molecule has 0 radical (unpaired) electrons. The molecule has 0 saturated carbocycles. The Balaban J connectivity index is 5.76. The fourth-order valence-corrected chi connectivity index (χ4v) is 2.55. The minimum atomic E-state index is -0.301. The number of nitrogens with one attached hydrogen (secondary N) is 2. The molecule has 0 fully saturated rings. The number of allylic oxidation sites excluding steroid dienone is 2. The van der Waals surface area contributed by atoms with Gasteiger partial charge in [0.25, 0.3) is 5.91 Å². The fraction of sp³-hybridized carbons (Fsp3) is 0.625. The predicted molar refractivity (Wildman–Crippen MR) is 89.1 cm³/mol. The second-order valence-corrected chi connectivity index (χ2v) is 5.46. The molecule has 6 heteroatoms. The first kappa shape index (κ1) is 20.3. The topological polar surface area (TPSA) is 110 Å². The van der Waals surface area contributed by atoms with Crippen molar-refractivity contribution in [2.45, 2.75) is 66.2 Å². The van der Waals surface area contributed by atoms with Gasteiger partial charge in [0.1, 0.15) is 0 Å². The van der Waals surface area contributed by atoms with E-state index in [-0.39, 0.29) is 18.2 Å². The SMILES string of the molecule is CCCC(C)=C(CCC(=O)NN)C(C(=O)NN)=C(C)CCC. The number of carbonyl (C=O) groups is 2. The lowest BCUT2D eigenvalue weighted by Gasteiger charge is -2.18. The normalized spacial score (nSPS) is 13.2. The summed E-state index contributed by atoms with van der Waals surface area (Å²) in [5.41, 5.74) is 7.97. The quantitative estimate of drug-likeness (QED) is 0.171. The number of hydrazine groups is 2. The van der Waals surface area contributed by atoms with Crippen LogP contribution in [0.2, 0.25) is 0 Å². The highest BCUT2D eigenvalue weighted by atomic mass is 16.2. The number of rotatable bonds is 9. The van der Waals surface area contributed by atoms with Crippen molar-refractivity contribution in [1.29, 1.82) is 0 Å². The molecular weight excluding hydrogens is 280 g/mol. The monoisotopic (exact) mass is 310 g/mol. The molecule has 0 spiro atoms. The maximum absolute atomic E-state index is 12.2. The van der Waals surface area contributed by atoms with Gasteiger partial charge in [0.2, 0.25) is 5.91 Å². The molecule has 0 heterocycles. The van der Waals surface area contributed by atoms with Crippen LogP contribution in [0.3, 0.4) is 0 Å². The Morgan fingerprint density at radius 3 is 1.82 bits per heavy atom. The summed E-state index contributed by atoms with van der Waals surface area (Å²) in [5, 5.41) is 0. The molecule has 0 aromatic heterocycles. The van der Waals surface area contributed by atoms with Crippen molar-refractivity contribution in [1.82, 2.24) is 10.9 Å². The summed E-state index contributed by atoms with van der Waals surface area (Å²) in [7, 11) is 0. The Hall–Kier alpha value is -1.66. The first-order valence-corrected chi connectivity index (χ1v) is 7.81. The van der Waals surface area contributed by atoms with E-state index in [2.05, 4.69) is 24.7 Å². The van der Waals surface area contributed by atoms with Crippen LogP contribution in [-0.4, -0.2) is 11.8 Å². The fourth-order valence-electron chi connectivity index (χ4n) is 2.55. The molecule has 0 atom stereocenters. The average Bonchev–Trinajstić information content (AvgIpc) is 2.50. The lowest BCUT2D eigenvalue weighted by molar-refractivity contribution is -0.121. The standard InChI is InChI=1S/C16H30N4O2/c1-5-7-11(3)13(9-10-14(21)19-17)15(16(22)20-18)12(4)8-6-2/h5-10,17-18H2,1-4H3,(H,19,21)(H,20,22). The summed E-state index contributed by atoms with van der Waals surface area (Å²) in [6.45, 7) is 8.09. The largest absolute Gasteiger partial charge is 0.294 e. The van der Waals surface area contributed by atoms with Crippen LogP contribution in [0.4, 0.5) is 0 Å². The second-order valence-electron chi connectivity index (χ2n) is 5.46. The summed E-state index contributed by atoms with van der Waals surface area (Å²) in [6.07, 6.45) is 4.32. The minimum absolute atomic E-state index is 0.244. The lowest BCUT2D eigenvalue weighted by Crippen LogP contribution is -2.33. The molecule has 0 rings (SSSR count). The molecule has 0 aromatic carbocycles. The number of hydrogen-bond donors (Lipinski definition) is 4. The van der Waals surface area contributed by atoms with Gasteiger partial charge in [-0.25, -0.2) is 11.7 Å². The van der Waals surface area contributed by atoms with Gasteiger partial charge in [0.05, 0.1) is 0 Å². The van der Waals surface area contributed by atoms with E-state index in [0.717, 1.165) is 42.4 Å². The van der Waals surface area contributed by atoms with Crippen molar-refractivity contribution in [3.8, 4) is 0 Å². The number of carbonyl (C=O) groups excluding carboxylic acids is 2. The van der Waals surface area contributed by atoms with Crippen molar-refractivity contribution in [2.24, 2.45) is 11.7 Å². The van der Waals surface area contributed by atoms with E-state index in [0.29, 0.717) is 12.0 Å². The predicted octanol–water partition coefficient (Wildman–Crippen LogP) is 1.98. The van der Waals surface area contributed by atoms with Gasteiger partial charge in [-0.3, -0.25) is 20.4 Å². The maximum Gasteiger partial charge on any atom is 0.265 e. The van der Waals surface area contributed by atoms with E-state index in [1.807, 2.05) is 13.8 Å². The van der Waals surface area contributed by atoms with E-state index in [9.17, 15) is 9.59 Å². The molecular formula is C16H30N4O2. The highest BCUT2D eigenvalue weighted by molar-refractivity contribution is 5.98. The zero-order valence-electron chi connectivity index (χ0n) is 14.2. The molecule has 0 aliphatic heterocycles. The number of hydrogen-bond acceptors (Lipinski definition) is 4. The van der Waals surface area contributed by atoms with Gasteiger partial charge in [-0.05, 0) is 38.7 Å². The summed E-state index contributed by atoms with van der Waals surface area (Å²) < 4.78 is 0. The number of nitrogens with two attached hydrogens (primary N) is 2. The van der Waals surface area contributed by atoms with Gasteiger partial charge in [-0.1, -0.05) is 37.8 Å². The van der Waals surface area contributed by atoms with Crippen LogP contribution in [0.25, 0.3) is 0 Å². The van der Waals surface area contributed by atoms with Crippen LogP contribution in [0.5, 0.6) is 0 Å². The van der Waals surface area contributed by atoms with E-state index in [1.54, 1.807) is 0 Å². The first-order valence-electron chi connectivity index (χ1n) is 7.81. The zero-order valence-corrected chi connectivity index (χ0v) is 14.2. The van der Waals surface area contributed by atoms with E-state index in [1.165, 1.54) is 0 Å². The van der Waals surface area contributed by atoms with Crippen LogP contribution in [-0.2, 0) is 9.59 Å². The Kier molecular flexibility index (Phi) is 10.2. The highest BCUT2D eigenvalue weighted by Crippen LogP contribution is 2.27. The molecule has 126 valence electrons. The highest BCUT2D eigenvalue weighted by Gasteiger charge is 2.19. The van der Waals surface area contributed by atoms with Crippen molar-refractivity contribution in [3.63, 3.8) is 0 Å². The Bertz CT molecular complexity index is 453.